The first-order valence-corrected chi connectivity index (χ1v) is 6.94. The summed E-state index contributed by atoms with van der Waals surface area (Å²) in [6.07, 6.45) is 0.399. The molecule has 5 heteroatoms. The molecule has 98 valence electrons. The molecule has 0 aliphatic carbocycles. The second kappa shape index (κ2) is 7.74. The molecule has 0 aliphatic heterocycles. The van der Waals surface area contributed by atoms with E-state index in [1.165, 1.54) is 0 Å². The molecule has 1 aromatic carbocycles. The zero-order valence-electron chi connectivity index (χ0n) is 9.86. The number of hydrogen-bond acceptors (Lipinski definition) is 2. The SMILES string of the molecule is CCC(C)[C@H](O)[C@H](N)c1cc(Br)ccc1Br.Cl. The van der Waals surface area contributed by atoms with Crippen molar-refractivity contribution in [2.75, 3.05) is 0 Å². The summed E-state index contributed by atoms with van der Waals surface area (Å²) < 4.78 is 1.91. The van der Waals surface area contributed by atoms with E-state index in [0.29, 0.717) is 0 Å². The summed E-state index contributed by atoms with van der Waals surface area (Å²) in [7, 11) is 0. The van der Waals surface area contributed by atoms with Crippen molar-refractivity contribution in [2.45, 2.75) is 32.4 Å². The van der Waals surface area contributed by atoms with Gasteiger partial charge in [0.1, 0.15) is 0 Å². The summed E-state index contributed by atoms with van der Waals surface area (Å²) in [4.78, 5) is 0. The van der Waals surface area contributed by atoms with Crippen LogP contribution in [0, 0.1) is 5.92 Å². The van der Waals surface area contributed by atoms with Crippen molar-refractivity contribution in [2.24, 2.45) is 11.7 Å². The van der Waals surface area contributed by atoms with Gasteiger partial charge < -0.3 is 10.8 Å². The highest BCUT2D eigenvalue weighted by Gasteiger charge is 2.23. The van der Waals surface area contributed by atoms with Gasteiger partial charge in [-0.2, -0.15) is 0 Å². The normalized spacial score (nSPS) is 15.9. The summed E-state index contributed by atoms with van der Waals surface area (Å²) in [5, 5.41) is 10.1. The van der Waals surface area contributed by atoms with Crippen molar-refractivity contribution in [3.8, 4) is 0 Å². The minimum absolute atomic E-state index is 0. The third-order valence-corrected chi connectivity index (χ3v) is 4.13. The predicted octanol–water partition coefficient (Wildman–Crippen LogP) is 4.04. The molecule has 1 rings (SSSR count). The van der Waals surface area contributed by atoms with Crippen LogP contribution in [-0.2, 0) is 0 Å². The third-order valence-electron chi connectivity index (χ3n) is 2.91. The van der Waals surface area contributed by atoms with Crippen molar-refractivity contribution in [1.29, 1.82) is 0 Å². The number of hydrogen-bond donors (Lipinski definition) is 2. The van der Waals surface area contributed by atoms with E-state index in [1.807, 2.05) is 25.1 Å². The fourth-order valence-electron chi connectivity index (χ4n) is 1.55. The zero-order valence-corrected chi connectivity index (χ0v) is 13.8. The van der Waals surface area contributed by atoms with Crippen LogP contribution < -0.4 is 5.73 Å². The Morgan fingerprint density at radius 2 is 1.94 bits per heavy atom. The Morgan fingerprint density at radius 1 is 1.35 bits per heavy atom. The smallest absolute Gasteiger partial charge is 0.0758 e. The molecule has 0 saturated carbocycles. The van der Waals surface area contributed by atoms with Gasteiger partial charge in [-0.1, -0.05) is 52.1 Å². The van der Waals surface area contributed by atoms with Gasteiger partial charge in [0.25, 0.3) is 0 Å². The lowest BCUT2D eigenvalue weighted by atomic mass is 9.92. The summed E-state index contributed by atoms with van der Waals surface area (Å²) in [5.41, 5.74) is 7.02. The van der Waals surface area contributed by atoms with Gasteiger partial charge in [0.05, 0.1) is 12.1 Å². The van der Waals surface area contributed by atoms with E-state index in [1.54, 1.807) is 0 Å². The first kappa shape index (κ1) is 17.4. The maximum absolute atomic E-state index is 10.1. The fourth-order valence-corrected chi connectivity index (χ4v) is 2.44. The Kier molecular flexibility index (Phi) is 7.92. The lowest BCUT2D eigenvalue weighted by Crippen LogP contribution is -2.31. The van der Waals surface area contributed by atoms with Gasteiger partial charge in [-0.15, -0.1) is 12.4 Å². The second-order valence-electron chi connectivity index (χ2n) is 4.07. The van der Waals surface area contributed by atoms with Crippen molar-refractivity contribution in [1.82, 2.24) is 0 Å². The molecular weight excluding hydrogens is 369 g/mol. The van der Waals surface area contributed by atoms with Crippen LogP contribution in [0.2, 0.25) is 0 Å². The Hall–Kier alpha value is 0.390. The van der Waals surface area contributed by atoms with Crippen LogP contribution in [0.3, 0.4) is 0 Å². The molecule has 1 aromatic rings. The lowest BCUT2D eigenvalue weighted by molar-refractivity contribution is 0.0877. The van der Waals surface area contributed by atoms with E-state index in [2.05, 4.69) is 38.8 Å². The van der Waals surface area contributed by atoms with E-state index in [4.69, 9.17) is 5.73 Å². The number of aliphatic hydroxyl groups is 1. The second-order valence-corrected chi connectivity index (χ2v) is 5.84. The lowest BCUT2D eigenvalue weighted by Gasteiger charge is -2.25. The van der Waals surface area contributed by atoms with Crippen LogP contribution in [-0.4, -0.2) is 11.2 Å². The zero-order chi connectivity index (χ0) is 12.3. The number of rotatable bonds is 4. The third kappa shape index (κ3) is 4.52. The Labute approximate surface area is 126 Å². The van der Waals surface area contributed by atoms with Crippen molar-refractivity contribution < 1.29 is 5.11 Å². The summed E-state index contributed by atoms with van der Waals surface area (Å²) >= 11 is 6.87. The molecule has 0 heterocycles. The van der Waals surface area contributed by atoms with Gasteiger partial charge in [0.15, 0.2) is 0 Å². The van der Waals surface area contributed by atoms with Crippen molar-refractivity contribution in [3.05, 3.63) is 32.7 Å². The van der Waals surface area contributed by atoms with Crippen LogP contribution in [0.4, 0.5) is 0 Å². The molecule has 3 atom stereocenters. The van der Waals surface area contributed by atoms with E-state index in [-0.39, 0.29) is 24.4 Å². The Bertz CT molecular complexity index is 362. The summed E-state index contributed by atoms with van der Waals surface area (Å²) in [5.74, 6) is 0.195. The molecule has 0 fully saturated rings. The topological polar surface area (TPSA) is 46.2 Å². The standard InChI is InChI=1S/C12H17Br2NO.ClH/c1-3-7(2)12(16)11(15)9-6-8(13)4-5-10(9)14;/h4-7,11-12,16H,3,15H2,1-2H3;1H/t7?,11-,12+;/m1./s1. The average Bonchev–Trinajstić information content (AvgIpc) is 2.29. The van der Waals surface area contributed by atoms with Gasteiger partial charge >= 0.3 is 0 Å². The maximum Gasteiger partial charge on any atom is 0.0758 e. The van der Waals surface area contributed by atoms with E-state index < -0.39 is 6.10 Å². The van der Waals surface area contributed by atoms with E-state index in [0.717, 1.165) is 20.9 Å². The molecule has 0 bridgehead atoms. The molecule has 0 saturated heterocycles. The van der Waals surface area contributed by atoms with Gasteiger partial charge in [-0.05, 0) is 29.7 Å². The number of nitrogens with two attached hydrogens (primary N) is 1. The fraction of sp³-hybridized carbons (Fsp3) is 0.500. The highest BCUT2D eigenvalue weighted by atomic mass is 79.9. The molecule has 1 unspecified atom stereocenters. The summed E-state index contributed by atoms with van der Waals surface area (Å²) in [6.45, 7) is 4.06. The Balaban J connectivity index is 0.00000256. The van der Waals surface area contributed by atoms with E-state index >= 15 is 0 Å². The largest absolute Gasteiger partial charge is 0.391 e. The molecular formula is C12H18Br2ClNO. The van der Waals surface area contributed by atoms with Crippen LogP contribution >= 0.6 is 44.3 Å². The number of benzene rings is 1. The van der Waals surface area contributed by atoms with E-state index in [9.17, 15) is 5.11 Å². The molecule has 0 radical (unpaired) electrons. The maximum atomic E-state index is 10.1. The van der Waals surface area contributed by atoms with Crippen LogP contribution in [0.1, 0.15) is 31.9 Å². The first-order chi connectivity index (χ1) is 7.47. The predicted molar refractivity (Wildman–Crippen MR) is 81.5 cm³/mol. The van der Waals surface area contributed by atoms with Crippen molar-refractivity contribution in [3.63, 3.8) is 0 Å². The van der Waals surface area contributed by atoms with Gasteiger partial charge in [-0.3, -0.25) is 0 Å². The molecule has 17 heavy (non-hydrogen) atoms. The van der Waals surface area contributed by atoms with Gasteiger partial charge in [0.2, 0.25) is 0 Å². The highest BCUT2D eigenvalue weighted by molar-refractivity contribution is 9.11. The monoisotopic (exact) mass is 385 g/mol. The highest BCUT2D eigenvalue weighted by Crippen LogP contribution is 2.30. The van der Waals surface area contributed by atoms with Crippen LogP contribution in [0.5, 0.6) is 0 Å². The molecule has 0 amide bonds. The number of aliphatic hydroxyl groups excluding tert-OH is 1. The molecule has 2 nitrogen and oxygen atoms in total. The minimum Gasteiger partial charge on any atom is -0.391 e. The van der Waals surface area contributed by atoms with Gasteiger partial charge in [0, 0.05) is 8.95 Å². The summed E-state index contributed by atoms with van der Waals surface area (Å²) in [6, 6.07) is 5.46. The molecule has 0 spiro atoms. The van der Waals surface area contributed by atoms with Crippen LogP contribution in [0.25, 0.3) is 0 Å². The minimum atomic E-state index is -0.518. The molecule has 3 N–H and O–H groups in total. The first-order valence-electron chi connectivity index (χ1n) is 5.36. The average molecular weight is 388 g/mol. The van der Waals surface area contributed by atoms with Crippen molar-refractivity contribution >= 4 is 44.3 Å². The molecule has 0 aliphatic rings. The van der Waals surface area contributed by atoms with Crippen LogP contribution in [0.15, 0.2) is 27.1 Å². The Morgan fingerprint density at radius 3 is 2.47 bits per heavy atom. The van der Waals surface area contributed by atoms with Gasteiger partial charge in [-0.25, -0.2) is 0 Å². The number of halogens is 3. The molecule has 0 aromatic heterocycles. The quantitative estimate of drug-likeness (QED) is 0.819.